The van der Waals surface area contributed by atoms with E-state index in [4.69, 9.17) is 9.47 Å². The molecule has 4 rings (SSSR count). The van der Waals surface area contributed by atoms with Gasteiger partial charge in [-0.3, -0.25) is 4.90 Å². The molecule has 0 radical (unpaired) electrons. The summed E-state index contributed by atoms with van der Waals surface area (Å²) in [7, 11) is 0. The van der Waals surface area contributed by atoms with Crippen LogP contribution in [0.2, 0.25) is 0 Å². The van der Waals surface area contributed by atoms with Gasteiger partial charge in [0.1, 0.15) is 0 Å². The van der Waals surface area contributed by atoms with Crippen LogP contribution in [0.4, 0.5) is 0 Å². The van der Waals surface area contributed by atoms with Gasteiger partial charge in [-0.15, -0.1) is 0 Å². The highest BCUT2D eigenvalue weighted by atomic mass is 16.7. The van der Waals surface area contributed by atoms with Crippen molar-refractivity contribution in [1.82, 2.24) is 14.9 Å². The predicted octanol–water partition coefficient (Wildman–Crippen LogP) is 2.38. The first-order chi connectivity index (χ1) is 10.8. The summed E-state index contributed by atoms with van der Waals surface area (Å²) in [5, 5.41) is 0. The van der Waals surface area contributed by atoms with E-state index in [1.54, 1.807) is 0 Å². The van der Waals surface area contributed by atoms with Crippen molar-refractivity contribution in [1.29, 1.82) is 0 Å². The van der Waals surface area contributed by atoms with E-state index in [1.807, 2.05) is 12.4 Å². The van der Waals surface area contributed by atoms with E-state index in [0.29, 0.717) is 12.7 Å². The van der Waals surface area contributed by atoms with Gasteiger partial charge in [-0.25, -0.2) is 4.98 Å². The summed E-state index contributed by atoms with van der Waals surface area (Å²) in [5.41, 5.74) is 3.83. The van der Waals surface area contributed by atoms with Gasteiger partial charge in [-0.05, 0) is 30.0 Å². The van der Waals surface area contributed by atoms with Crippen LogP contribution in [0, 0.1) is 5.92 Å². The molecule has 1 atom stereocenters. The molecule has 22 heavy (non-hydrogen) atoms. The number of fused-ring (bicyclic) bond motifs is 2. The van der Waals surface area contributed by atoms with Crippen molar-refractivity contribution < 1.29 is 9.47 Å². The number of hydrogen-bond acceptors (Lipinski definition) is 4. The molecule has 1 aromatic heterocycles. The van der Waals surface area contributed by atoms with Gasteiger partial charge in [-0.2, -0.15) is 0 Å². The third kappa shape index (κ3) is 2.68. The first-order valence-electron chi connectivity index (χ1n) is 7.90. The molecule has 3 heterocycles. The Bertz CT molecular complexity index is 668. The Kier molecular flexibility index (Phi) is 3.50. The number of ether oxygens (including phenoxy) is 2. The molecular formula is C17H21N3O2. The number of benzene rings is 1. The molecule has 5 heteroatoms. The lowest BCUT2D eigenvalue weighted by molar-refractivity contribution is 0.174. The van der Waals surface area contributed by atoms with Gasteiger partial charge >= 0.3 is 0 Å². The van der Waals surface area contributed by atoms with E-state index in [0.717, 1.165) is 44.0 Å². The van der Waals surface area contributed by atoms with Crippen LogP contribution < -0.4 is 9.47 Å². The fourth-order valence-electron chi connectivity index (χ4n) is 3.40. The van der Waals surface area contributed by atoms with Crippen LogP contribution in [0.1, 0.15) is 23.9 Å². The fourth-order valence-corrected chi connectivity index (χ4v) is 3.40. The minimum Gasteiger partial charge on any atom is -0.454 e. The van der Waals surface area contributed by atoms with Crippen molar-refractivity contribution in [2.75, 3.05) is 19.9 Å². The molecule has 0 saturated carbocycles. The number of rotatable bonds is 4. The number of imidazole rings is 1. The van der Waals surface area contributed by atoms with Gasteiger partial charge in [0.2, 0.25) is 6.79 Å². The lowest BCUT2D eigenvalue weighted by Gasteiger charge is -2.28. The molecule has 0 aliphatic carbocycles. The topological polar surface area (TPSA) is 50.4 Å². The highest BCUT2D eigenvalue weighted by Crippen LogP contribution is 2.33. The highest BCUT2D eigenvalue weighted by molar-refractivity contribution is 5.44. The maximum atomic E-state index is 5.46. The van der Waals surface area contributed by atoms with E-state index in [2.05, 4.69) is 33.9 Å². The Balaban J connectivity index is 1.36. The zero-order valence-corrected chi connectivity index (χ0v) is 12.8. The first kappa shape index (κ1) is 13.6. The second kappa shape index (κ2) is 5.65. The second-order valence-corrected chi connectivity index (χ2v) is 6.31. The number of aromatic amines is 1. The lowest BCUT2D eigenvalue weighted by Crippen LogP contribution is -2.34. The van der Waals surface area contributed by atoms with Gasteiger partial charge in [0.25, 0.3) is 0 Å². The zero-order chi connectivity index (χ0) is 14.9. The van der Waals surface area contributed by atoms with E-state index in [9.17, 15) is 0 Å². The van der Waals surface area contributed by atoms with Crippen molar-refractivity contribution in [3.63, 3.8) is 0 Å². The van der Waals surface area contributed by atoms with Crippen LogP contribution in [0.3, 0.4) is 0 Å². The summed E-state index contributed by atoms with van der Waals surface area (Å²) < 4.78 is 10.8. The predicted molar refractivity (Wildman–Crippen MR) is 83.0 cm³/mol. The molecule has 5 nitrogen and oxygen atoms in total. The quantitative estimate of drug-likeness (QED) is 0.941. The SMILES string of the molecule is C[C@@H](Cc1ccc2c(c1)OCO2)CN1CCc2nc[nH]c2C1. The maximum absolute atomic E-state index is 5.46. The Hall–Kier alpha value is -2.01. The average molecular weight is 299 g/mol. The molecule has 2 aliphatic heterocycles. The van der Waals surface area contributed by atoms with Crippen molar-refractivity contribution in [2.45, 2.75) is 26.3 Å². The summed E-state index contributed by atoms with van der Waals surface area (Å²) in [4.78, 5) is 10.1. The Labute approximate surface area is 130 Å². The molecule has 2 aliphatic rings. The van der Waals surface area contributed by atoms with Gasteiger partial charge in [0, 0.05) is 26.1 Å². The number of nitrogens with zero attached hydrogens (tertiary/aromatic N) is 2. The summed E-state index contributed by atoms with van der Waals surface area (Å²) in [5.74, 6) is 2.34. The minimum absolute atomic E-state index is 0.342. The zero-order valence-electron chi connectivity index (χ0n) is 12.8. The number of aromatic nitrogens is 2. The monoisotopic (exact) mass is 299 g/mol. The van der Waals surface area contributed by atoms with Crippen molar-refractivity contribution >= 4 is 0 Å². The summed E-state index contributed by atoms with van der Waals surface area (Å²) in [6.45, 7) is 5.85. The largest absolute Gasteiger partial charge is 0.454 e. The number of hydrogen-bond donors (Lipinski definition) is 1. The summed E-state index contributed by atoms with van der Waals surface area (Å²) in [6, 6.07) is 6.28. The van der Waals surface area contributed by atoms with E-state index < -0.39 is 0 Å². The fraction of sp³-hybridized carbons (Fsp3) is 0.471. The molecular weight excluding hydrogens is 278 g/mol. The molecule has 1 aromatic carbocycles. The smallest absolute Gasteiger partial charge is 0.231 e. The molecule has 0 saturated heterocycles. The van der Waals surface area contributed by atoms with E-state index in [-0.39, 0.29) is 0 Å². The molecule has 2 aromatic rings. The molecule has 0 amide bonds. The van der Waals surface area contributed by atoms with Gasteiger partial charge in [0.05, 0.1) is 17.7 Å². The van der Waals surface area contributed by atoms with Gasteiger partial charge < -0.3 is 14.5 Å². The third-order valence-corrected chi connectivity index (χ3v) is 4.45. The average Bonchev–Trinajstić information content (AvgIpc) is 3.14. The van der Waals surface area contributed by atoms with Crippen LogP contribution in [0.25, 0.3) is 0 Å². The maximum Gasteiger partial charge on any atom is 0.231 e. The summed E-state index contributed by atoms with van der Waals surface area (Å²) in [6.07, 6.45) is 3.92. The Morgan fingerprint density at radius 2 is 2.23 bits per heavy atom. The highest BCUT2D eigenvalue weighted by Gasteiger charge is 2.20. The third-order valence-electron chi connectivity index (χ3n) is 4.45. The van der Waals surface area contributed by atoms with Crippen LogP contribution in [0.5, 0.6) is 11.5 Å². The lowest BCUT2D eigenvalue weighted by atomic mass is 9.99. The normalized spacial score (nSPS) is 18.2. The van der Waals surface area contributed by atoms with Crippen LogP contribution >= 0.6 is 0 Å². The first-order valence-corrected chi connectivity index (χ1v) is 7.90. The van der Waals surface area contributed by atoms with Gasteiger partial charge in [-0.1, -0.05) is 13.0 Å². The minimum atomic E-state index is 0.342. The van der Waals surface area contributed by atoms with Crippen LogP contribution in [-0.4, -0.2) is 34.8 Å². The Morgan fingerprint density at radius 1 is 1.32 bits per heavy atom. The van der Waals surface area contributed by atoms with Crippen molar-refractivity contribution in [2.24, 2.45) is 5.92 Å². The molecule has 0 bridgehead atoms. The molecule has 0 unspecified atom stereocenters. The molecule has 0 spiro atoms. The van der Waals surface area contributed by atoms with Crippen LogP contribution in [-0.2, 0) is 19.4 Å². The number of H-pyrrole nitrogens is 1. The van der Waals surface area contributed by atoms with E-state index >= 15 is 0 Å². The summed E-state index contributed by atoms with van der Waals surface area (Å²) >= 11 is 0. The molecule has 116 valence electrons. The van der Waals surface area contributed by atoms with Crippen molar-refractivity contribution in [3.8, 4) is 11.5 Å². The van der Waals surface area contributed by atoms with Crippen LogP contribution in [0.15, 0.2) is 24.5 Å². The van der Waals surface area contributed by atoms with E-state index in [1.165, 1.54) is 17.0 Å². The molecule has 0 fully saturated rings. The standard InChI is InChI=1S/C17H21N3O2/c1-12(6-13-2-3-16-17(7-13)22-11-21-16)8-20-5-4-14-15(9-20)19-10-18-14/h2-3,7,10,12H,4-6,8-9,11H2,1H3,(H,18,19)/t12-/m0/s1. The Morgan fingerprint density at radius 3 is 3.18 bits per heavy atom. The molecule has 1 N–H and O–H groups in total. The van der Waals surface area contributed by atoms with Gasteiger partial charge in [0.15, 0.2) is 11.5 Å². The van der Waals surface area contributed by atoms with Crippen molar-refractivity contribution in [3.05, 3.63) is 41.5 Å². The second-order valence-electron chi connectivity index (χ2n) is 6.31. The number of nitrogens with one attached hydrogen (secondary N) is 1.